The van der Waals surface area contributed by atoms with E-state index in [0.717, 1.165) is 21.9 Å². The van der Waals surface area contributed by atoms with Crippen LogP contribution in [0, 0.1) is 0 Å². The van der Waals surface area contributed by atoms with Crippen LogP contribution in [0.1, 0.15) is 52.8 Å². The lowest BCUT2D eigenvalue weighted by Crippen LogP contribution is -2.33. The summed E-state index contributed by atoms with van der Waals surface area (Å²) in [5, 5.41) is 2.32. The van der Waals surface area contributed by atoms with Crippen LogP contribution in [0.25, 0.3) is 66.4 Å². The van der Waals surface area contributed by atoms with Crippen molar-refractivity contribution in [2.45, 2.75) is 31.2 Å². The maximum absolute atomic E-state index is 6.97. The summed E-state index contributed by atoms with van der Waals surface area (Å²) in [6.45, 7) is 5.52. The predicted octanol–water partition coefficient (Wildman–Crippen LogP) is 15.2. The van der Waals surface area contributed by atoms with E-state index in [2.05, 4.69) is 219 Å². The summed E-state index contributed by atoms with van der Waals surface area (Å²) in [5.41, 5.74) is 22.9. The average molecular weight is 780 g/mol. The molecule has 0 radical (unpaired) electrons. The van der Waals surface area contributed by atoms with Crippen molar-refractivity contribution in [2.75, 3.05) is 4.90 Å². The fourth-order valence-electron chi connectivity index (χ4n) is 11.4. The van der Waals surface area contributed by atoms with E-state index < -0.39 is 5.41 Å². The molecule has 2 nitrogen and oxygen atoms in total. The third-order valence-electron chi connectivity index (χ3n) is 14.2. The molecule has 288 valence electrons. The van der Waals surface area contributed by atoms with Crippen LogP contribution in [0.2, 0.25) is 0 Å². The third kappa shape index (κ3) is 4.62. The quantitative estimate of drug-likeness (QED) is 0.177. The Kier molecular flexibility index (Phi) is 7.09. The normalized spacial score (nSPS) is 16.3. The summed E-state index contributed by atoms with van der Waals surface area (Å²) in [4.78, 5) is 2.59. The molecule has 10 aromatic rings. The fourth-order valence-corrected chi connectivity index (χ4v) is 11.4. The molecule has 0 saturated carbocycles. The Balaban J connectivity index is 1.05. The minimum Gasteiger partial charge on any atom is -0.456 e. The summed E-state index contributed by atoms with van der Waals surface area (Å²) >= 11 is 0. The fraction of sp³-hybridized carbons (Fsp3) is 0.0847. The topological polar surface area (TPSA) is 16.4 Å². The second-order valence-corrected chi connectivity index (χ2v) is 17.6. The summed E-state index contributed by atoms with van der Waals surface area (Å²) in [7, 11) is 0. The predicted molar refractivity (Wildman–Crippen MR) is 252 cm³/mol. The highest BCUT2D eigenvalue weighted by Crippen LogP contribution is 2.65. The Bertz CT molecular complexity index is 3340. The molecule has 1 aromatic heterocycles. The molecule has 0 N–H and O–H groups in total. The van der Waals surface area contributed by atoms with Crippen molar-refractivity contribution in [1.29, 1.82) is 0 Å². The van der Waals surface area contributed by atoms with Gasteiger partial charge in [-0.2, -0.15) is 0 Å². The van der Waals surface area contributed by atoms with Gasteiger partial charge in [0.05, 0.1) is 5.41 Å². The van der Waals surface area contributed by atoms with Crippen molar-refractivity contribution in [3.63, 3.8) is 0 Å². The van der Waals surface area contributed by atoms with Gasteiger partial charge in [0.2, 0.25) is 0 Å². The van der Waals surface area contributed by atoms with Gasteiger partial charge < -0.3 is 9.32 Å². The number of fused-ring (bicyclic) bond motifs is 16. The van der Waals surface area contributed by atoms with Crippen molar-refractivity contribution < 1.29 is 4.42 Å². The van der Waals surface area contributed by atoms with Crippen molar-refractivity contribution in [2.24, 2.45) is 0 Å². The molecule has 0 amide bonds. The van der Waals surface area contributed by atoms with Gasteiger partial charge >= 0.3 is 0 Å². The number of hydrogen-bond acceptors (Lipinski definition) is 2. The standard InChI is InChI=1S/C59H41NO/c1-58(2)50-34-39(37-16-5-3-6-17-37)28-32-52(50)60(53-33-29-40(35-51(53)58)38-18-7-4-8-19-38)36-41-20-15-26-49-55(41)46-23-10-13-25-48(46)59(49)47-24-12-9-21-42(47)44-30-31-45-43-22-11-14-27-54(43)61-57(45)56(44)59/h3-35H,36H2,1-2H3. The highest BCUT2D eigenvalue weighted by atomic mass is 16.3. The molecule has 0 bridgehead atoms. The summed E-state index contributed by atoms with van der Waals surface area (Å²) in [6, 6.07) is 74.2. The van der Waals surface area contributed by atoms with Crippen molar-refractivity contribution >= 4 is 33.3 Å². The minimum absolute atomic E-state index is 0.249. The zero-order chi connectivity index (χ0) is 40.5. The Morgan fingerprint density at radius 2 is 1.00 bits per heavy atom. The molecule has 2 heterocycles. The van der Waals surface area contributed by atoms with E-state index in [1.807, 2.05) is 0 Å². The molecule has 2 aliphatic carbocycles. The second-order valence-electron chi connectivity index (χ2n) is 17.6. The van der Waals surface area contributed by atoms with Crippen LogP contribution < -0.4 is 4.90 Å². The Morgan fingerprint density at radius 3 is 1.69 bits per heavy atom. The maximum Gasteiger partial charge on any atom is 0.140 e. The van der Waals surface area contributed by atoms with E-state index in [4.69, 9.17) is 4.42 Å². The number of benzene rings is 9. The van der Waals surface area contributed by atoms with E-state index in [9.17, 15) is 0 Å². The lowest BCUT2D eigenvalue weighted by Gasteiger charge is -2.43. The van der Waals surface area contributed by atoms with Crippen LogP contribution in [0.15, 0.2) is 205 Å². The number of para-hydroxylation sites is 1. The van der Waals surface area contributed by atoms with Crippen LogP contribution in [-0.2, 0) is 17.4 Å². The first kappa shape index (κ1) is 34.4. The summed E-state index contributed by atoms with van der Waals surface area (Å²) in [6.07, 6.45) is 0. The summed E-state index contributed by atoms with van der Waals surface area (Å²) < 4.78 is 6.97. The molecule has 0 fully saturated rings. The van der Waals surface area contributed by atoms with Crippen molar-refractivity contribution in [3.05, 3.63) is 239 Å². The van der Waals surface area contributed by atoms with E-state index in [1.165, 1.54) is 94.8 Å². The SMILES string of the molecule is CC1(C)c2cc(-c3ccccc3)ccc2N(Cc2cccc3c2-c2ccccc2C32c3ccccc3-c3ccc4c(oc5ccccc54)c32)c2ccc(-c3ccccc3)cc21. The minimum atomic E-state index is -0.546. The highest BCUT2D eigenvalue weighted by Gasteiger charge is 2.54. The molecule has 9 aromatic carbocycles. The molecule has 1 atom stereocenters. The zero-order valence-electron chi connectivity index (χ0n) is 34.1. The number of anilines is 2. The first-order chi connectivity index (χ1) is 30.0. The third-order valence-corrected chi connectivity index (χ3v) is 14.2. The monoisotopic (exact) mass is 779 g/mol. The van der Waals surface area contributed by atoms with Gasteiger partial charge in [-0.1, -0.05) is 178 Å². The van der Waals surface area contributed by atoms with Gasteiger partial charge in [-0.05, 0) is 114 Å². The van der Waals surface area contributed by atoms with Crippen LogP contribution in [-0.4, -0.2) is 0 Å². The number of nitrogens with zero attached hydrogens (tertiary/aromatic N) is 1. The molecule has 1 aliphatic heterocycles. The van der Waals surface area contributed by atoms with E-state index in [1.54, 1.807) is 0 Å². The first-order valence-corrected chi connectivity index (χ1v) is 21.5. The molecule has 1 spiro atoms. The first-order valence-electron chi connectivity index (χ1n) is 21.5. The Morgan fingerprint density at radius 1 is 0.426 bits per heavy atom. The molecule has 0 saturated heterocycles. The van der Waals surface area contributed by atoms with Gasteiger partial charge in [0.15, 0.2) is 0 Å². The highest BCUT2D eigenvalue weighted by molar-refractivity contribution is 6.11. The molecule has 2 heteroatoms. The van der Waals surface area contributed by atoms with E-state index in [-0.39, 0.29) is 5.41 Å². The van der Waals surface area contributed by atoms with Crippen molar-refractivity contribution in [1.82, 2.24) is 0 Å². The Labute approximate surface area is 356 Å². The lowest BCUT2D eigenvalue weighted by molar-refractivity contribution is 0.624. The van der Waals surface area contributed by atoms with Crippen LogP contribution >= 0.6 is 0 Å². The maximum atomic E-state index is 6.97. The largest absolute Gasteiger partial charge is 0.456 e. The average Bonchev–Trinajstić information content (AvgIpc) is 3.95. The van der Waals surface area contributed by atoms with Crippen LogP contribution in [0.4, 0.5) is 11.4 Å². The van der Waals surface area contributed by atoms with Gasteiger partial charge in [0, 0.05) is 39.7 Å². The molecular formula is C59H41NO. The lowest BCUT2D eigenvalue weighted by atomic mass is 9.70. The van der Waals surface area contributed by atoms with Gasteiger partial charge in [0.1, 0.15) is 11.2 Å². The zero-order valence-corrected chi connectivity index (χ0v) is 34.1. The number of rotatable bonds is 4. The molecule has 3 aliphatic rings. The number of furan rings is 1. The summed E-state index contributed by atoms with van der Waals surface area (Å²) in [5.74, 6) is 0. The smallest absolute Gasteiger partial charge is 0.140 e. The molecule has 13 rings (SSSR count). The van der Waals surface area contributed by atoms with Crippen molar-refractivity contribution in [3.8, 4) is 44.5 Å². The van der Waals surface area contributed by atoms with Gasteiger partial charge in [-0.15, -0.1) is 0 Å². The van der Waals surface area contributed by atoms with Crippen LogP contribution in [0.5, 0.6) is 0 Å². The van der Waals surface area contributed by atoms with E-state index >= 15 is 0 Å². The second kappa shape index (κ2) is 12.5. The number of hydrogen-bond donors (Lipinski definition) is 0. The van der Waals surface area contributed by atoms with Gasteiger partial charge in [-0.25, -0.2) is 0 Å². The van der Waals surface area contributed by atoms with Gasteiger partial charge in [-0.3, -0.25) is 0 Å². The molecular weight excluding hydrogens is 739 g/mol. The van der Waals surface area contributed by atoms with Gasteiger partial charge in [0.25, 0.3) is 0 Å². The Hall–Kier alpha value is -7.42. The van der Waals surface area contributed by atoms with Crippen LogP contribution in [0.3, 0.4) is 0 Å². The molecule has 1 unspecified atom stereocenters. The van der Waals surface area contributed by atoms with E-state index in [0.29, 0.717) is 6.54 Å². The molecule has 61 heavy (non-hydrogen) atoms.